The number of aromatic nitrogens is 1. The van der Waals surface area contributed by atoms with Crippen LogP contribution in [-0.2, 0) is 11.8 Å². The Bertz CT molecular complexity index is 803. The average molecular weight is 333 g/mol. The summed E-state index contributed by atoms with van der Waals surface area (Å²) in [5.41, 5.74) is -0.554. The van der Waals surface area contributed by atoms with Gasteiger partial charge in [0.25, 0.3) is 5.56 Å². The van der Waals surface area contributed by atoms with E-state index in [9.17, 15) is 19.1 Å². The van der Waals surface area contributed by atoms with Crippen molar-refractivity contribution in [2.75, 3.05) is 0 Å². The monoisotopic (exact) mass is 333 g/mol. The van der Waals surface area contributed by atoms with Gasteiger partial charge in [-0.25, -0.2) is 9.18 Å². The summed E-state index contributed by atoms with van der Waals surface area (Å²) in [7, 11) is 1.52. The van der Waals surface area contributed by atoms with E-state index in [-0.39, 0.29) is 16.7 Å². The number of ether oxygens (including phenoxy) is 1. The van der Waals surface area contributed by atoms with Crippen molar-refractivity contribution in [1.29, 1.82) is 0 Å². The summed E-state index contributed by atoms with van der Waals surface area (Å²) in [4.78, 5) is 24.6. The van der Waals surface area contributed by atoms with Gasteiger partial charge in [0.2, 0.25) is 0 Å². The van der Waals surface area contributed by atoms with Crippen LogP contribution in [0.15, 0.2) is 41.3 Å². The van der Waals surface area contributed by atoms with Crippen molar-refractivity contribution in [3.63, 3.8) is 0 Å². The van der Waals surface area contributed by atoms with Crippen molar-refractivity contribution in [3.05, 3.63) is 58.3 Å². The summed E-state index contributed by atoms with van der Waals surface area (Å²) in [5.74, 6) is -1.06. The molecule has 0 amide bonds. The van der Waals surface area contributed by atoms with Gasteiger partial charge >= 0.3 is 5.97 Å². The summed E-state index contributed by atoms with van der Waals surface area (Å²) in [6.45, 7) is 4.66. The number of halogens is 1. The lowest BCUT2D eigenvalue weighted by Crippen LogP contribution is -2.37. The van der Waals surface area contributed by atoms with Crippen LogP contribution in [0.2, 0.25) is 0 Å². The fraction of sp³-hybridized carbons (Fsp3) is 0.333. The number of carbonyl (C=O) groups excluding carboxylic acids is 1. The number of carbonyl (C=O) groups is 1. The van der Waals surface area contributed by atoms with Crippen LogP contribution >= 0.6 is 0 Å². The van der Waals surface area contributed by atoms with Gasteiger partial charge in [-0.15, -0.1) is 0 Å². The highest BCUT2D eigenvalue weighted by Crippen LogP contribution is 2.19. The van der Waals surface area contributed by atoms with Crippen LogP contribution in [0, 0.1) is 5.82 Å². The molecule has 1 aromatic heterocycles. The van der Waals surface area contributed by atoms with Gasteiger partial charge in [-0.3, -0.25) is 4.79 Å². The number of rotatable bonds is 4. The van der Waals surface area contributed by atoms with Crippen LogP contribution in [-0.4, -0.2) is 27.3 Å². The Morgan fingerprint density at radius 1 is 1.29 bits per heavy atom. The van der Waals surface area contributed by atoms with E-state index in [0.717, 1.165) is 0 Å². The van der Waals surface area contributed by atoms with Crippen molar-refractivity contribution in [3.8, 4) is 11.1 Å². The second-order valence-electron chi connectivity index (χ2n) is 6.27. The SMILES string of the molecule is CC(OC(=O)c1cc(-c2ccc(F)cc2)c(=O)n(C)c1)C(C)(C)O. The highest BCUT2D eigenvalue weighted by atomic mass is 19.1. The molecule has 0 spiro atoms. The summed E-state index contributed by atoms with van der Waals surface area (Å²) in [6, 6.07) is 6.85. The van der Waals surface area contributed by atoms with Gasteiger partial charge in [0.1, 0.15) is 11.9 Å². The van der Waals surface area contributed by atoms with E-state index in [4.69, 9.17) is 4.74 Å². The molecule has 24 heavy (non-hydrogen) atoms. The first-order valence-corrected chi connectivity index (χ1v) is 7.49. The topological polar surface area (TPSA) is 68.5 Å². The van der Waals surface area contributed by atoms with E-state index in [0.29, 0.717) is 5.56 Å². The van der Waals surface area contributed by atoms with Gasteiger partial charge in [-0.05, 0) is 44.5 Å². The highest BCUT2D eigenvalue weighted by molar-refractivity contribution is 5.90. The number of nitrogens with zero attached hydrogens (tertiary/aromatic N) is 1. The molecule has 0 aliphatic heterocycles. The van der Waals surface area contributed by atoms with Gasteiger partial charge in [0.15, 0.2) is 0 Å². The fourth-order valence-corrected chi connectivity index (χ4v) is 2.03. The summed E-state index contributed by atoms with van der Waals surface area (Å²) >= 11 is 0. The molecule has 1 unspecified atom stereocenters. The quantitative estimate of drug-likeness (QED) is 0.873. The second kappa shape index (κ2) is 6.57. The molecule has 0 saturated carbocycles. The summed E-state index contributed by atoms with van der Waals surface area (Å²) in [6.07, 6.45) is 0.644. The lowest BCUT2D eigenvalue weighted by molar-refractivity contribution is -0.0557. The number of aryl methyl sites for hydroxylation is 1. The van der Waals surface area contributed by atoms with E-state index in [2.05, 4.69) is 0 Å². The number of pyridine rings is 1. The Morgan fingerprint density at radius 3 is 2.42 bits per heavy atom. The number of esters is 1. The molecule has 1 atom stereocenters. The zero-order chi connectivity index (χ0) is 18.1. The Balaban J connectivity index is 2.41. The third-order valence-electron chi connectivity index (χ3n) is 3.85. The van der Waals surface area contributed by atoms with Crippen LogP contribution in [0.1, 0.15) is 31.1 Å². The van der Waals surface area contributed by atoms with Crippen molar-refractivity contribution in [1.82, 2.24) is 4.57 Å². The van der Waals surface area contributed by atoms with Gasteiger partial charge in [0.05, 0.1) is 11.2 Å². The average Bonchev–Trinajstić information content (AvgIpc) is 2.49. The number of aliphatic hydroxyl groups is 1. The van der Waals surface area contributed by atoms with Crippen molar-refractivity contribution in [2.24, 2.45) is 7.05 Å². The molecule has 5 nitrogen and oxygen atoms in total. The maximum Gasteiger partial charge on any atom is 0.340 e. The Hall–Kier alpha value is -2.47. The van der Waals surface area contributed by atoms with E-state index >= 15 is 0 Å². The molecule has 1 N–H and O–H groups in total. The maximum absolute atomic E-state index is 13.1. The number of hydrogen-bond donors (Lipinski definition) is 1. The van der Waals surface area contributed by atoms with Crippen LogP contribution in [0.4, 0.5) is 4.39 Å². The van der Waals surface area contributed by atoms with E-state index in [1.165, 1.54) is 62.0 Å². The van der Waals surface area contributed by atoms with Crippen LogP contribution < -0.4 is 5.56 Å². The number of hydrogen-bond acceptors (Lipinski definition) is 4. The molecule has 2 rings (SSSR count). The molecule has 2 aromatic rings. The van der Waals surface area contributed by atoms with Gasteiger partial charge in [0, 0.05) is 18.8 Å². The first-order valence-electron chi connectivity index (χ1n) is 7.49. The molecular weight excluding hydrogens is 313 g/mol. The van der Waals surface area contributed by atoms with Crippen LogP contribution in [0.3, 0.4) is 0 Å². The maximum atomic E-state index is 13.1. The minimum Gasteiger partial charge on any atom is -0.456 e. The number of benzene rings is 1. The Morgan fingerprint density at radius 2 is 1.88 bits per heavy atom. The van der Waals surface area contributed by atoms with Gasteiger partial charge in [-0.2, -0.15) is 0 Å². The molecule has 0 fully saturated rings. The molecular formula is C18H20FNO4. The Kier molecular flexibility index (Phi) is 4.89. The predicted molar refractivity (Wildman–Crippen MR) is 88.3 cm³/mol. The molecule has 0 aliphatic rings. The summed E-state index contributed by atoms with van der Waals surface area (Å²) in [5, 5.41) is 9.87. The van der Waals surface area contributed by atoms with E-state index in [1.54, 1.807) is 6.92 Å². The van der Waals surface area contributed by atoms with Gasteiger partial charge in [-0.1, -0.05) is 12.1 Å². The zero-order valence-electron chi connectivity index (χ0n) is 14.0. The molecule has 1 aromatic carbocycles. The fourth-order valence-electron chi connectivity index (χ4n) is 2.03. The lowest BCUT2D eigenvalue weighted by Gasteiger charge is -2.25. The molecule has 0 saturated heterocycles. The normalized spacial score (nSPS) is 12.8. The lowest BCUT2D eigenvalue weighted by atomic mass is 10.0. The standard InChI is InChI=1S/C18H20FNO4/c1-11(18(2,3)23)24-17(22)13-9-15(16(21)20(4)10-13)12-5-7-14(19)8-6-12/h5-11,23H,1-4H3. The highest BCUT2D eigenvalue weighted by Gasteiger charge is 2.27. The third-order valence-corrected chi connectivity index (χ3v) is 3.85. The van der Waals surface area contributed by atoms with E-state index < -0.39 is 23.5 Å². The zero-order valence-corrected chi connectivity index (χ0v) is 14.0. The smallest absolute Gasteiger partial charge is 0.340 e. The summed E-state index contributed by atoms with van der Waals surface area (Å²) < 4.78 is 19.6. The van der Waals surface area contributed by atoms with Crippen LogP contribution in [0.5, 0.6) is 0 Å². The van der Waals surface area contributed by atoms with E-state index in [1.807, 2.05) is 0 Å². The largest absolute Gasteiger partial charge is 0.456 e. The molecule has 6 heteroatoms. The van der Waals surface area contributed by atoms with Gasteiger partial charge < -0.3 is 14.4 Å². The first kappa shape index (κ1) is 17.9. The Labute approximate surface area is 139 Å². The molecule has 0 radical (unpaired) electrons. The van der Waals surface area contributed by atoms with Crippen LogP contribution in [0.25, 0.3) is 11.1 Å². The second-order valence-corrected chi connectivity index (χ2v) is 6.27. The molecule has 0 aliphatic carbocycles. The van der Waals surface area contributed by atoms with Crippen molar-refractivity contribution in [2.45, 2.75) is 32.5 Å². The minimum absolute atomic E-state index is 0.174. The first-order chi connectivity index (χ1) is 11.1. The van der Waals surface area contributed by atoms with Crippen molar-refractivity contribution < 1.29 is 19.0 Å². The molecule has 1 heterocycles. The molecule has 128 valence electrons. The third kappa shape index (κ3) is 3.89. The predicted octanol–water partition coefficient (Wildman–Crippen LogP) is 2.51. The molecule has 0 bridgehead atoms. The van der Waals surface area contributed by atoms with Crippen molar-refractivity contribution >= 4 is 5.97 Å². The minimum atomic E-state index is -1.18.